The van der Waals surface area contributed by atoms with E-state index in [1.54, 1.807) is 0 Å². The first-order chi connectivity index (χ1) is 5.79. The van der Waals surface area contributed by atoms with E-state index in [9.17, 15) is 0 Å². The average Bonchev–Trinajstić information content (AvgIpc) is 2.05. The Morgan fingerprint density at radius 2 is 2.00 bits per heavy atom. The van der Waals surface area contributed by atoms with Crippen LogP contribution in [0.2, 0.25) is 0 Å². The van der Waals surface area contributed by atoms with E-state index >= 15 is 0 Å². The number of rotatable bonds is 4. The van der Waals surface area contributed by atoms with Gasteiger partial charge in [-0.2, -0.15) is 0 Å². The van der Waals surface area contributed by atoms with Crippen molar-refractivity contribution in [2.45, 2.75) is 20.3 Å². The van der Waals surface area contributed by atoms with Crippen molar-refractivity contribution in [3.63, 3.8) is 0 Å². The Balaban J connectivity index is 1.98. The molecular weight excluding hydrogens is 152 g/mol. The van der Waals surface area contributed by atoms with Crippen molar-refractivity contribution in [2.75, 3.05) is 32.8 Å². The third kappa shape index (κ3) is 4.04. The van der Waals surface area contributed by atoms with Crippen LogP contribution >= 0.6 is 0 Å². The van der Waals surface area contributed by atoms with Gasteiger partial charge in [-0.25, -0.2) is 5.01 Å². The van der Waals surface area contributed by atoms with Crippen molar-refractivity contribution in [2.24, 2.45) is 5.92 Å². The minimum atomic E-state index is 0.790. The Morgan fingerprint density at radius 3 is 2.58 bits per heavy atom. The molecule has 0 unspecified atom stereocenters. The smallest absolute Gasteiger partial charge is 0.0608 e. The van der Waals surface area contributed by atoms with Gasteiger partial charge in [0.15, 0.2) is 0 Å². The zero-order valence-electron chi connectivity index (χ0n) is 8.18. The second-order valence-corrected chi connectivity index (χ2v) is 3.69. The van der Waals surface area contributed by atoms with E-state index in [2.05, 4.69) is 24.3 Å². The van der Waals surface area contributed by atoms with Crippen LogP contribution in [0.5, 0.6) is 0 Å². The molecule has 0 spiro atoms. The summed E-state index contributed by atoms with van der Waals surface area (Å²) in [6.45, 7) is 9.39. The topological polar surface area (TPSA) is 24.5 Å². The molecule has 0 aromatic heterocycles. The van der Waals surface area contributed by atoms with Gasteiger partial charge in [0.2, 0.25) is 0 Å². The summed E-state index contributed by atoms with van der Waals surface area (Å²) in [5.41, 5.74) is 3.41. The van der Waals surface area contributed by atoms with E-state index in [1.807, 2.05) is 0 Å². The molecule has 3 heteroatoms. The highest BCUT2D eigenvalue weighted by Gasteiger charge is 2.08. The minimum absolute atomic E-state index is 0.790. The Bertz CT molecular complexity index is 111. The molecule has 0 radical (unpaired) electrons. The summed E-state index contributed by atoms with van der Waals surface area (Å²) in [7, 11) is 0. The van der Waals surface area contributed by atoms with Crippen molar-refractivity contribution in [3.05, 3.63) is 0 Å². The fourth-order valence-electron chi connectivity index (χ4n) is 1.23. The predicted molar refractivity (Wildman–Crippen MR) is 49.8 cm³/mol. The normalized spacial score (nSPS) is 20.2. The summed E-state index contributed by atoms with van der Waals surface area (Å²) in [4.78, 5) is 0. The van der Waals surface area contributed by atoms with Gasteiger partial charge < -0.3 is 4.74 Å². The maximum atomic E-state index is 5.25. The molecule has 1 rings (SSSR count). The number of nitrogens with one attached hydrogen (secondary N) is 1. The van der Waals surface area contributed by atoms with Gasteiger partial charge in [-0.1, -0.05) is 13.8 Å². The van der Waals surface area contributed by atoms with Crippen LogP contribution in [-0.2, 0) is 4.74 Å². The van der Waals surface area contributed by atoms with Gasteiger partial charge in [-0.05, 0) is 12.3 Å². The fourth-order valence-corrected chi connectivity index (χ4v) is 1.23. The van der Waals surface area contributed by atoms with Gasteiger partial charge in [0.1, 0.15) is 0 Å². The molecule has 12 heavy (non-hydrogen) atoms. The van der Waals surface area contributed by atoms with Crippen LogP contribution in [0.1, 0.15) is 20.3 Å². The Kier molecular flexibility index (Phi) is 4.58. The van der Waals surface area contributed by atoms with Gasteiger partial charge >= 0.3 is 0 Å². The van der Waals surface area contributed by atoms with E-state index in [0.29, 0.717) is 0 Å². The summed E-state index contributed by atoms with van der Waals surface area (Å²) >= 11 is 0. The van der Waals surface area contributed by atoms with Crippen molar-refractivity contribution in [1.29, 1.82) is 0 Å². The SMILES string of the molecule is CC(C)CCNN1CCOCC1. The highest BCUT2D eigenvalue weighted by molar-refractivity contribution is 4.57. The van der Waals surface area contributed by atoms with Gasteiger partial charge in [0, 0.05) is 19.6 Å². The molecule has 3 nitrogen and oxygen atoms in total. The molecular formula is C9H20N2O. The lowest BCUT2D eigenvalue weighted by atomic mass is 10.1. The molecule has 1 N–H and O–H groups in total. The van der Waals surface area contributed by atoms with Crippen LogP contribution in [0, 0.1) is 5.92 Å². The van der Waals surface area contributed by atoms with Crippen LogP contribution in [-0.4, -0.2) is 37.9 Å². The maximum Gasteiger partial charge on any atom is 0.0608 e. The van der Waals surface area contributed by atoms with Gasteiger partial charge in [-0.3, -0.25) is 5.43 Å². The average molecular weight is 172 g/mol. The van der Waals surface area contributed by atoms with Crippen LogP contribution in [0.15, 0.2) is 0 Å². The molecule has 0 bridgehead atoms. The van der Waals surface area contributed by atoms with E-state index in [0.717, 1.165) is 38.8 Å². The fraction of sp³-hybridized carbons (Fsp3) is 1.00. The molecule has 1 aliphatic heterocycles. The number of ether oxygens (including phenoxy) is 1. The number of nitrogens with zero attached hydrogens (tertiary/aromatic N) is 1. The number of hydrogen-bond donors (Lipinski definition) is 1. The van der Waals surface area contributed by atoms with E-state index in [1.165, 1.54) is 6.42 Å². The summed E-state index contributed by atoms with van der Waals surface area (Å²) in [5.74, 6) is 0.790. The maximum absolute atomic E-state index is 5.25. The quantitative estimate of drug-likeness (QED) is 0.681. The van der Waals surface area contributed by atoms with Crippen molar-refractivity contribution < 1.29 is 4.74 Å². The third-order valence-electron chi connectivity index (χ3n) is 2.07. The van der Waals surface area contributed by atoms with Crippen LogP contribution in [0.4, 0.5) is 0 Å². The molecule has 0 aliphatic carbocycles. The molecule has 0 atom stereocenters. The highest BCUT2D eigenvalue weighted by atomic mass is 16.5. The lowest BCUT2D eigenvalue weighted by Gasteiger charge is -2.27. The molecule has 72 valence electrons. The van der Waals surface area contributed by atoms with Crippen LogP contribution in [0.25, 0.3) is 0 Å². The lowest BCUT2D eigenvalue weighted by molar-refractivity contribution is 0.0114. The number of hydrazine groups is 1. The zero-order valence-corrected chi connectivity index (χ0v) is 8.18. The first kappa shape index (κ1) is 9.96. The monoisotopic (exact) mass is 172 g/mol. The van der Waals surface area contributed by atoms with Crippen LogP contribution < -0.4 is 5.43 Å². The summed E-state index contributed by atoms with van der Waals surface area (Å²) in [6, 6.07) is 0. The Hall–Kier alpha value is -0.120. The molecule has 1 aliphatic rings. The summed E-state index contributed by atoms with van der Waals surface area (Å²) < 4.78 is 5.25. The summed E-state index contributed by atoms with van der Waals surface area (Å²) in [6.07, 6.45) is 1.25. The molecule has 1 fully saturated rings. The first-order valence-electron chi connectivity index (χ1n) is 4.85. The van der Waals surface area contributed by atoms with E-state index in [-0.39, 0.29) is 0 Å². The van der Waals surface area contributed by atoms with Gasteiger partial charge in [0.25, 0.3) is 0 Å². The highest BCUT2D eigenvalue weighted by Crippen LogP contribution is 1.98. The first-order valence-corrected chi connectivity index (χ1v) is 4.85. The molecule has 1 heterocycles. The minimum Gasteiger partial charge on any atom is -0.379 e. The lowest BCUT2D eigenvalue weighted by Crippen LogP contribution is -2.46. The molecule has 0 aromatic rings. The second kappa shape index (κ2) is 5.51. The zero-order chi connectivity index (χ0) is 8.81. The van der Waals surface area contributed by atoms with Crippen LogP contribution in [0.3, 0.4) is 0 Å². The molecule has 0 amide bonds. The second-order valence-electron chi connectivity index (χ2n) is 3.69. The number of hydrogen-bond acceptors (Lipinski definition) is 3. The predicted octanol–water partition coefficient (Wildman–Crippen LogP) is 0.869. The van der Waals surface area contributed by atoms with Crippen molar-refractivity contribution in [3.8, 4) is 0 Å². The molecule has 0 saturated carbocycles. The Morgan fingerprint density at radius 1 is 1.33 bits per heavy atom. The summed E-state index contributed by atoms with van der Waals surface area (Å²) in [5, 5.41) is 2.26. The molecule has 1 saturated heterocycles. The van der Waals surface area contributed by atoms with Crippen molar-refractivity contribution in [1.82, 2.24) is 10.4 Å². The largest absolute Gasteiger partial charge is 0.379 e. The van der Waals surface area contributed by atoms with Crippen molar-refractivity contribution >= 4 is 0 Å². The number of morpholine rings is 1. The molecule has 0 aromatic carbocycles. The van der Waals surface area contributed by atoms with Gasteiger partial charge in [0.05, 0.1) is 13.2 Å². The van der Waals surface area contributed by atoms with Gasteiger partial charge in [-0.15, -0.1) is 0 Å². The Labute approximate surface area is 75.0 Å². The standard InChI is InChI=1S/C9H20N2O/c1-9(2)3-4-10-11-5-7-12-8-6-11/h9-10H,3-8H2,1-2H3. The third-order valence-corrected chi connectivity index (χ3v) is 2.07. The van der Waals surface area contributed by atoms with E-state index < -0.39 is 0 Å². The van der Waals surface area contributed by atoms with E-state index in [4.69, 9.17) is 4.74 Å².